The first-order valence-electron chi connectivity index (χ1n) is 7.58. The number of hydrogen-bond donors (Lipinski definition) is 3. The summed E-state index contributed by atoms with van der Waals surface area (Å²) in [5, 5.41) is 10.1. The predicted octanol–water partition coefficient (Wildman–Crippen LogP) is 2.31. The molecule has 1 heterocycles. The van der Waals surface area contributed by atoms with Crippen molar-refractivity contribution in [1.29, 1.82) is 0 Å². The zero-order valence-electron chi connectivity index (χ0n) is 14.1. The summed E-state index contributed by atoms with van der Waals surface area (Å²) in [6.07, 6.45) is 0. The number of nitrogens with two attached hydrogens (primary N) is 2. The fraction of sp³-hybridized carbons (Fsp3) is 0.167. The minimum Gasteiger partial charge on any atom is -0.508 e. The average Bonchev–Trinajstić information content (AvgIpc) is 2.57. The number of nitrogens with zero attached hydrogens (tertiary/aromatic N) is 2. The van der Waals surface area contributed by atoms with E-state index >= 15 is 0 Å². The summed E-state index contributed by atoms with van der Waals surface area (Å²) < 4.78 is 5.21. The summed E-state index contributed by atoms with van der Waals surface area (Å²) in [7, 11) is 1.50. The van der Waals surface area contributed by atoms with Gasteiger partial charge in [0.1, 0.15) is 11.4 Å². The standard InChI is InChI=1S/C18H18N4O3/c1-8-10(5-4-6-13(8)23)14-15(19)11(17(20)24)7-12-16(14)21-9(2)18(22-12)25-3/h4-7,23H,19H2,1-3H3,(H2,20,24). The first-order chi connectivity index (χ1) is 11.8. The fourth-order valence-corrected chi connectivity index (χ4v) is 2.84. The topological polar surface area (TPSA) is 124 Å². The van der Waals surface area contributed by atoms with E-state index in [4.69, 9.17) is 16.2 Å². The number of anilines is 1. The van der Waals surface area contributed by atoms with Gasteiger partial charge in [-0.1, -0.05) is 12.1 Å². The Balaban J connectivity index is 2.51. The summed E-state index contributed by atoms with van der Waals surface area (Å²) in [5.41, 5.74) is 15.4. The van der Waals surface area contributed by atoms with Crippen LogP contribution in [0.3, 0.4) is 0 Å². The highest BCUT2D eigenvalue weighted by Crippen LogP contribution is 2.39. The third-order valence-corrected chi connectivity index (χ3v) is 4.16. The molecule has 0 atom stereocenters. The second-order valence-corrected chi connectivity index (χ2v) is 5.71. The Morgan fingerprint density at radius 1 is 1.24 bits per heavy atom. The third kappa shape index (κ3) is 2.59. The number of methoxy groups -OCH3 is 1. The maximum Gasteiger partial charge on any atom is 0.250 e. The number of benzene rings is 2. The molecular weight excluding hydrogens is 320 g/mol. The van der Waals surface area contributed by atoms with Gasteiger partial charge in [0, 0.05) is 5.56 Å². The molecule has 0 bridgehead atoms. The number of primary amides is 1. The molecule has 0 saturated heterocycles. The number of amides is 1. The van der Waals surface area contributed by atoms with Gasteiger partial charge in [0.2, 0.25) is 5.88 Å². The lowest BCUT2D eigenvalue weighted by Crippen LogP contribution is -2.15. The van der Waals surface area contributed by atoms with Crippen molar-refractivity contribution >= 4 is 22.6 Å². The molecule has 2 aromatic carbocycles. The first kappa shape index (κ1) is 16.5. The van der Waals surface area contributed by atoms with Crippen LogP contribution in [0.1, 0.15) is 21.6 Å². The van der Waals surface area contributed by atoms with Crippen molar-refractivity contribution in [3.05, 3.63) is 41.1 Å². The monoisotopic (exact) mass is 338 g/mol. The molecule has 0 fully saturated rings. The Bertz CT molecular complexity index is 1020. The molecule has 7 nitrogen and oxygen atoms in total. The quantitative estimate of drug-likeness (QED) is 0.629. The summed E-state index contributed by atoms with van der Waals surface area (Å²) in [4.78, 5) is 20.8. The number of hydrogen-bond acceptors (Lipinski definition) is 6. The van der Waals surface area contributed by atoms with E-state index < -0.39 is 5.91 Å². The highest BCUT2D eigenvalue weighted by Gasteiger charge is 2.21. The maximum atomic E-state index is 11.8. The van der Waals surface area contributed by atoms with Gasteiger partial charge in [0.25, 0.3) is 5.91 Å². The van der Waals surface area contributed by atoms with Gasteiger partial charge in [-0.25, -0.2) is 9.97 Å². The van der Waals surface area contributed by atoms with Gasteiger partial charge < -0.3 is 21.3 Å². The molecule has 5 N–H and O–H groups in total. The number of fused-ring (bicyclic) bond motifs is 1. The Kier molecular flexibility index (Phi) is 3.92. The molecule has 0 radical (unpaired) electrons. The largest absolute Gasteiger partial charge is 0.508 e. The van der Waals surface area contributed by atoms with Crippen LogP contribution in [0.25, 0.3) is 22.2 Å². The van der Waals surface area contributed by atoms with Crippen LogP contribution < -0.4 is 16.2 Å². The van der Waals surface area contributed by atoms with Gasteiger partial charge in [0.15, 0.2) is 0 Å². The van der Waals surface area contributed by atoms with Crippen molar-refractivity contribution < 1.29 is 14.6 Å². The van der Waals surface area contributed by atoms with Crippen molar-refractivity contribution in [1.82, 2.24) is 9.97 Å². The minimum atomic E-state index is -0.667. The number of nitrogen functional groups attached to an aromatic ring is 1. The highest BCUT2D eigenvalue weighted by atomic mass is 16.5. The van der Waals surface area contributed by atoms with E-state index in [1.54, 1.807) is 32.0 Å². The van der Waals surface area contributed by atoms with E-state index in [-0.39, 0.29) is 17.0 Å². The van der Waals surface area contributed by atoms with Crippen LogP contribution in [0.15, 0.2) is 24.3 Å². The van der Waals surface area contributed by atoms with E-state index in [0.29, 0.717) is 39.3 Å². The molecular formula is C18H18N4O3. The second-order valence-electron chi connectivity index (χ2n) is 5.71. The van der Waals surface area contributed by atoms with Crippen LogP contribution in [0, 0.1) is 13.8 Å². The Morgan fingerprint density at radius 2 is 1.96 bits per heavy atom. The van der Waals surface area contributed by atoms with Gasteiger partial charge in [-0.15, -0.1) is 0 Å². The summed E-state index contributed by atoms with van der Waals surface area (Å²) in [6.45, 7) is 3.53. The van der Waals surface area contributed by atoms with Crippen molar-refractivity contribution in [3.63, 3.8) is 0 Å². The van der Waals surface area contributed by atoms with Gasteiger partial charge in [-0.05, 0) is 37.1 Å². The molecule has 128 valence electrons. The molecule has 3 rings (SSSR count). The molecule has 3 aromatic rings. The van der Waals surface area contributed by atoms with E-state index in [0.717, 1.165) is 0 Å². The predicted molar refractivity (Wildman–Crippen MR) is 95.6 cm³/mol. The number of aromatic hydroxyl groups is 1. The number of phenolic OH excluding ortho intramolecular Hbond substituents is 1. The van der Waals surface area contributed by atoms with E-state index in [1.807, 2.05) is 0 Å². The van der Waals surface area contributed by atoms with Gasteiger partial charge in [-0.3, -0.25) is 4.79 Å². The summed E-state index contributed by atoms with van der Waals surface area (Å²) in [6, 6.07) is 6.58. The molecule has 0 saturated carbocycles. The van der Waals surface area contributed by atoms with Crippen LogP contribution in [0.2, 0.25) is 0 Å². The lowest BCUT2D eigenvalue weighted by Gasteiger charge is -2.16. The van der Waals surface area contributed by atoms with Crippen LogP contribution >= 0.6 is 0 Å². The molecule has 25 heavy (non-hydrogen) atoms. The average molecular weight is 338 g/mol. The van der Waals surface area contributed by atoms with Crippen LogP contribution in [-0.2, 0) is 0 Å². The van der Waals surface area contributed by atoms with Crippen LogP contribution in [-0.4, -0.2) is 28.1 Å². The van der Waals surface area contributed by atoms with Crippen LogP contribution in [0.4, 0.5) is 5.69 Å². The number of aryl methyl sites for hydroxylation is 1. The molecule has 0 unspecified atom stereocenters. The van der Waals surface area contributed by atoms with Gasteiger partial charge in [0.05, 0.1) is 29.4 Å². The number of rotatable bonds is 3. The van der Waals surface area contributed by atoms with Crippen molar-refractivity contribution in [2.24, 2.45) is 5.73 Å². The molecule has 0 spiro atoms. The zero-order valence-corrected chi connectivity index (χ0v) is 14.1. The molecule has 0 aliphatic heterocycles. The molecule has 0 aliphatic rings. The Morgan fingerprint density at radius 3 is 2.60 bits per heavy atom. The third-order valence-electron chi connectivity index (χ3n) is 4.16. The number of carbonyl (C=O) groups excluding carboxylic acids is 1. The second kappa shape index (κ2) is 5.94. The van der Waals surface area contributed by atoms with Gasteiger partial charge >= 0.3 is 0 Å². The lowest BCUT2D eigenvalue weighted by atomic mass is 9.94. The summed E-state index contributed by atoms with van der Waals surface area (Å²) in [5.74, 6) is -0.196. The number of phenols is 1. The SMILES string of the molecule is COc1nc2cc(C(N)=O)c(N)c(-c3cccc(O)c3C)c2nc1C. The van der Waals surface area contributed by atoms with Crippen molar-refractivity contribution in [2.75, 3.05) is 12.8 Å². The first-order valence-corrected chi connectivity index (χ1v) is 7.58. The van der Waals surface area contributed by atoms with Crippen molar-refractivity contribution in [3.8, 4) is 22.8 Å². The van der Waals surface area contributed by atoms with E-state index in [9.17, 15) is 9.90 Å². The van der Waals surface area contributed by atoms with Crippen LogP contribution in [0.5, 0.6) is 11.6 Å². The summed E-state index contributed by atoms with van der Waals surface area (Å²) >= 11 is 0. The maximum absolute atomic E-state index is 11.8. The molecule has 1 aromatic heterocycles. The fourth-order valence-electron chi connectivity index (χ4n) is 2.84. The normalized spacial score (nSPS) is 10.8. The lowest BCUT2D eigenvalue weighted by molar-refractivity contribution is 0.100. The smallest absolute Gasteiger partial charge is 0.250 e. The number of aromatic nitrogens is 2. The molecule has 7 heteroatoms. The Labute approximate surface area is 144 Å². The van der Waals surface area contributed by atoms with E-state index in [2.05, 4.69) is 9.97 Å². The van der Waals surface area contributed by atoms with Gasteiger partial charge in [-0.2, -0.15) is 0 Å². The van der Waals surface area contributed by atoms with Crippen molar-refractivity contribution in [2.45, 2.75) is 13.8 Å². The highest BCUT2D eigenvalue weighted by molar-refractivity contribution is 6.10. The number of carbonyl (C=O) groups is 1. The Hall–Kier alpha value is -3.35. The molecule has 0 aliphatic carbocycles. The zero-order chi connectivity index (χ0) is 18.3. The van der Waals surface area contributed by atoms with E-state index in [1.165, 1.54) is 13.2 Å². The number of ether oxygens (including phenoxy) is 1. The molecule has 1 amide bonds. The minimum absolute atomic E-state index is 0.118.